The van der Waals surface area contributed by atoms with E-state index in [9.17, 15) is 4.79 Å². The number of halogens is 2. The van der Waals surface area contributed by atoms with Crippen LogP contribution in [-0.4, -0.2) is 10.9 Å². The van der Waals surface area contributed by atoms with E-state index in [4.69, 9.17) is 23.2 Å². The topological polar surface area (TPSA) is 54.0 Å². The fraction of sp³-hybridized carbons (Fsp3) is 0.294. The summed E-state index contributed by atoms with van der Waals surface area (Å²) in [4.78, 5) is 15.6. The number of carbonyl (C=O) groups excluding carboxylic acids is 1. The Morgan fingerprint density at radius 1 is 1.00 bits per heavy atom. The van der Waals surface area contributed by atoms with E-state index in [1.807, 2.05) is 18.2 Å². The number of hydrazine groups is 1. The van der Waals surface area contributed by atoms with E-state index in [1.165, 1.54) is 18.0 Å². The summed E-state index contributed by atoms with van der Waals surface area (Å²) in [5.41, 5.74) is 7.14. The van der Waals surface area contributed by atoms with Gasteiger partial charge in [0.15, 0.2) is 0 Å². The fourth-order valence-electron chi connectivity index (χ4n) is 2.16. The number of hydrogen-bond donors (Lipinski definition) is 2. The second kappa shape index (κ2) is 9.38. The van der Waals surface area contributed by atoms with E-state index in [2.05, 4.69) is 28.0 Å². The van der Waals surface area contributed by atoms with Crippen molar-refractivity contribution in [1.82, 2.24) is 10.4 Å². The number of pyridine rings is 1. The van der Waals surface area contributed by atoms with Crippen LogP contribution in [-0.2, 0) is 11.2 Å². The van der Waals surface area contributed by atoms with Crippen LogP contribution in [0.15, 0.2) is 42.7 Å². The van der Waals surface area contributed by atoms with Crippen LogP contribution < -0.4 is 10.9 Å². The smallest absolute Gasteiger partial charge is 0.238 e. The maximum Gasteiger partial charge on any atom is 0.238 e. The number of hydrogen-bond acceptors (Lipinski definition) is 3. The second-order valence-corrected chi connectivity index (χ2v) is 6.01. The van der Waals surface area contributed by atoms with Crippen molar-refractivity contribution in [3.8, 4) is 0 Å². The van der Waals surface area contributed by atoms with Crippen LogP contribution in [0.3, 0.4) is 0 Å². The minimum atomic E-state index is -0.0892. The molecule has 0 saturated heterocycles. The highest BCUT2D eigenvalue weighted by Crippen LogP contribution is 2.27. The number of unbranched alkanes of at least 4 members (excludes halogenated alkanes) is 2. The maximum atomic E-state index is 11.8. The number of anilines is 1. The molecule has 23 heavy (non-hydrogen) atoms. The molecule has 2 N–H and O–H groups in total. The Balaban J connectivity index is 1.62. The minimum absolute atomic E-state index is 0.0892. The first kappa shape index (κ1) is 17.6. The van der Waals surface area contributed by atoms with Crippen molar-refractivity contribution in [1.29, 1.82) is 0 Å². The van der Waals surface area contributed by atoms with E-state index in [1.54, 1.807) is 0 Å². The zero-order chi connectivity index (χ0) is 16.5. The Kier molecular flexibility index (Phi) is 7.17. The number of amides is 1. The van der Waals surface area contributed by atoms with Gasteiger partial charge in [0, 0.05) is 18.8 Å². The molecule has 2 rings (SSSR count). The van der Waals surface area contributed by atoms with E-state index in [0.717, 1.165) is 25.7 Å². The molecule has 6 heteroatoms. The van der Waals surface area contributed by atoms with Crippen LogP contribution in [0.25, 0.3) is 0 Å². The van der Waals surface area contributed by atoms with Crippen LogP contribution in [0.2, 0.25) is 10.0 Å². The molecule has 0 atom stereocenters. The molecule has 0 aliphatic carbocycles. The van der Waals surface area contributed by atoms with E-state index >= 15 is 0 Å². The van der Waals surface area contributed by atoms with Crippen molar-refractivity contribution in [3.63, 3.8) is 0 Å². The van der Waals surface area contributed by atoms with Gasteiger partial charge in [-0.15, -0.1) is 0 Å². The van der Waals surface area contributed by atoms with Crippen molar-refractivity contribution < 1.29 is 4.79 Å². The molecule has 0 aliphatic heterocycles. The van der Waals surface area contributed by atoms with Gasteiger partial charge in [-0.2, -0.15) is 0 Å². The number of benzene rings is 1. The normalized spacial score (nSPS) is 10.3. The Morgan fingerprint density at radius 3 is 2.39 bits per heavy atom. The van der Waals surface area contributed by atoms with Crippen molar-refractivity contribution >= 4 is 34.8 Å². The number of aromatic nitrogens is 1. The molecule has 122 valence electrons. The monoisotopic (exact) mass is 351 g/mol. The molecule has 0 radical (unpaired) electrons. The van der Waals surface area contributed by atoms with E-state index in [0.29, 0.717) is 22.2 Å². The molecule has 2 aromatic rings. The lowest BCUT2D eigenvalue weighted by Gasteiger charge is -2.11. The molecule has 0 unspecified atom stereocenters. The minimum Gasteiger partial charge on any atom is -0.295 e. The largest absolute Gasteiger partial charge is 0.295 e. The summed E-state index contributed by atoms with van der Waals surface area (Å²) in [6, 6.07) is 10.4. The molecule has 0 saturated carbocycles. The SMILES string of the molecule is O=C(CCCCCc1ccccc1)NNc1c(Cl)cncc1Cl. The first-order chi connectivity index (χ1) is 11.2. The Labute approximate surface area is 146 Å². The van der Waals surface area contributed by atoms with Gasteiger partial charge in [0.25, 0.3) is 0 Å². The molecule has 1 aromatic heterocycles. The Hall–Kier alpha value is -1.78. The molecule has 0 spiro atoms. The zero-order valence-electron chi connectivity index (χ0n) is 12.7. The quantitative estimate of drug-likeness (QED) is 0.538. The molecule has 1 heterocycles. The predicted octanol–water partition coefficient (Wildman–Crippen LogP) is 4.63. The van der Waals surface area contributed by atoms with Crippen molar-refractivity contribution in [2.24, 2.45) is 0 Å². The van der Waals surface area contributed by atoms with E-state index in [-0.39, 0.29) is 5.91 Å². The number of carbonyl (C=O) groups is 1. The number of rotatable bonds is 8. The molecule has 0 aliphatic rings. The first-order valence-corrected chi connectivity index (χ1v) is 8.30. The Morgan fingerprint density at radius 2 is 1.70 bits per heavy atom. The summed E-state index contributed by atoms with van der Waals surface area (Å²) in [7, 11) is 0. The van der Waals surface area contributed by atoms with Crippen LogP contribution in [0.4, 0.5) is 5.69 Å². The third-order valence-corrected chi connectivity index (χ3v) is 3.97. The molecular formula is C17H19Cl2N3O. The number of aryl methyl sites for hydroxylation is 1. The molecule has 1 aromatic carbocycles. The van der Waals surface area contributed by atoms with Gasteiger partial charge in [-0.3, -0.25) is 20.6 Å². The van der Waals surface area contributed by atoms with Crippen molar-refractivity contribution in [3.05, 3.63) is 58.3 Å². The molecule has 4 nitrogen and oxygen atoms in total. The van der Waals surface area contributed by atoms with Crippen LogP contribution in [0.1, 0.15) is 31.2 Å². The summed E-state index contributed by atoms with van der Waals surface area (Å²) < 4.78 is 0. The molecule has 1 amide bonds. The summed E-state index contributed by atoms with van der Waals surface area (Å²) in [6.07, 6.45) is 7.37. The third kappa shape index (κ3) is 6.08. The average molecular weight is 352 g/mol. The van der Waals surface area contributed by atoms with Crippen molar-refractivity contribution in [2.75, 3.05) is 5.43 Å². The van der Waals surface area contributed by atoms with Gasteiger partial charge in [-0.1, -0.05) is 60.0 Å². The first-order valence-electron chi connectivity index (χ1n) is 7.54. The molecule has 0 bridgehead atoms. The van der Waals surface area contributed by atoms with Crippen molar-refractivity contribution in [2.45, 2.75) is 32.1 Å². The second-order valence-electron chi connectivity index (χ2n) is 5.20. The van der Waals surface area contributed by atoms with Crippen LogP contribution in [0.5, 0.6) is 0 Å². The summed E-state index contributed by atoms with van der Waals surface area (Å²) in [5.74, 6) is -0.0892. The fourth-order valence-corrected chi connectivity index (χ4v) is 2.62. The molecular weight excluding hydrogens is 333 g/mol. The maximum absolute atomic E-state index is 11.8. The summed E-state index contributed by atoms with van der Waals surface area (Å²) in [5, 5.41) is 0.723. The lowest BCUT2D eigenvalue weighted by molar-refractivity contribution is -0.120. The highest BCUT2D eigenvalue weighted by molar-refractivity contribution is 6.38. The van der Waals surface area contributed by atoms with E-state index < -0.39 is 0 Å². The highest BCUT2D eigenvalue weighted by Gasteiger charge is 2.07. The van der Waals surface area contributed by atoms with Gasteiger partial charge in [0.2, 0.25) is 5.91 Å². The Bertz CT molecular complexity index is 615. The van der Waals surface area contributed by atoms with Crippen LogP contribution in [0, 0.1) is 0 Å². The zero-order valence-corrected chi connectivity index (χ0v) is 14.2. The van der Waals surface area contributed by atoms with Gasteiger partial charge in [0.1, 0.15) is 0 Å². The van der Waals surface area contributed by atoms with Crippen LogP contribution >= 0.6 is 23.2 Å². The average Bonchev–Trinajstić information content (AvgIpc) is 2.55. The van der Waals surface area contributed by atoms with Gasteiger partial charge in [-0.05, 0) is 24.8 Å². The van der Waals surface area contributed by atoms with Gasteiger partial charge in [0.05, 0.1) is 15.7 Å². The summed E-state index contributed by atoms with van der Waals surface area (Å²) >= 11 is 11.9. The molecule has 0 fully saturated rings. The lowest BCUT2D eigenvalue weighted by Crippen LogP contribution is -2.29. The highest BCUT2D eigenvalue weighted by atomic mass is 35.5. The van der Waals surface area contributed by atoms with Gasteiger partial charge < -0.3 is 0 Å². The number of nitrogens with one attached hydrogen (secondary N) is 2. The van der Waals surface area contributed by atoms with Gasteiger partial charge >= 0.3 is 0 Å². The third-order valence-electron chi connectivity index (χ3n) is 3.39. The lowest BCUT2D eigenvalue weighted by atomic mass is 10.1. The predicted molar refractivity (Wildman–Crippen MR) is 94.6 cm³/mol. The standard InChI is InChI=1S/C17H19Cl2N3O/c18-14-11-20-12-15(19)17(14)22-21-16(23)10-6-2-5-9-13-7-3-1-4-8-13/h1,3-4,7-8,11-12H,2,5-6,9-10H2,(H,20,22)(H,21,23). The number of nitrogens with zero attached hydrogens (tertiary/aromatic N) is 1. The summed E-state index contributed by atoms with van der Waals surface area (Å²) in [6.45, 7) is 0. The van der Waals surface area contributed by atoms with Gasteiger partial charge in [-0.25, -0.2) is 0 Å².